The molecule has 0 saturated carbocycles. The molecule has 2 unspecified atom stereocenters. The highest BCUT2D eigenvalue weighted by Gasteiger charge is 2.44. The molecule has 0 bridgehead atoms. The average molecular weight is 460 g/mol. The monoisotopic (exact) mass is 460 g/mol. The molecular weight excluding hydrogens is 437 g/mol. The van der Waals surface area contributed by atoms with Crippen LogP contribution in [0.2, 0.25) is 0 Å². The standard InChI is InChI=1S/C24H23F3N2O4/c1-31-19-10-5-3-8-17(19)21-14-29(13-16-7-2-4-9-18(16)33-21)15-22(30)28-23(24(25,26)27)20-11-6-12-32-20/h2-12,21,23H,13-15H2,1H3,(H,28,30). The van der Waals surface area contributed by atoms with E-state index < -0.39 is 24.2 Å². The van der Waals surface area contributed by atoms with Crippen LogP contribution in [0.3, 0.4) is 0 Å². The Balaban J connectivity index is 1.56. The maximum atomic E-state index is 13.5. The normalized spacial score (nSPS) is 17.4. The van der Waals surface area contributed by atoms with Crippen molar-refractivity contribution in [3.8, 4) is 11.5 Å². The maximum absolute atomic E-state index is 13.5. The molecule has 0 spiro atoms. The molecule has 6 nitrogen and oxygen atoms in total. The third kappa shape index (κ3) is 5.31. The lowest BCUT2D eigenvalue weighted by molar-refractivity contribution is -0.167. The van der Waals surface area contributed by atoms with Gasteiger partial charge in [0.05, 0.1) is 19.9 Å². The zero-order valence-corrected chi connectivity index (χ0v) is 17.8. The first-order valence-electron chi connectivity index (χ1n) is 10.3. The topological polar surface area (TPSA) is 63.9 Å². The minimum Gasteiger partial charge on any atom is -0.496 e. The molecule has 0 fully saturated rings. The van der Waals surface area contributed by atoms with Gasteiger partial charge in [-0.1, -0.05) is 36.4 Å². The molecule has 0 radical (unpaired) electrons. The number of benzene rings is 2. The van der Waals surface area contributed by atoms with Gasteiger partial charge in [-0.15, -0.1) is 0 Å². The smallest absolute Gasteiger partial charge is 0.415 e. The summed E-state index contributed by atoms with van der Waals surface area (Å²) in [4.78, 5) is 14.5. The van der Waals surface area contributed by atoms with Gasteiger partial charge in [0.25, 0.3) is 0 Å². The zero-order valence-electron chi connectivity index (χ0n) is 17.8. The van der Waals surface area contributed by atoms with Crippen LogP contribution in [0.4, 0.5) is 13.2 Å². The van der Waals surface area contributed by atoms with Crippen molar-refractivity contribution in [1.29, 1.82) is 0 Å². The highest BCUT2D eigenvalue weighted by molar-refractivity contribution is 5.78. The van der Waals surface area contributed by atoms with E-state index in [1.807, 2.05) is 48.5 Å². The van der Waals surface area contributed by atoms with Crippen LogP contribution >= 0.6 is 0 Å². The summed E-state index contributed by atoms with van der Waals surface area (Å²) >= 11 is 0. The number of furan rings is 1. The van der Waals surface area contributed by atoms with Crippen LogP contribution in [-0.2, 0) is 11.3 Å². The Bertz CT molecular complexity index is 1090. The van der Waals surface area contributed by atoms with Crippen LogP contribution in [0.15, 0.2) is 71.3 Å². The number of nitrogens with one attached hydrogen (secondary N) is 1. The number of hydrogen-bond acceptors (Lipinski definition) is 5. The van der Waals surface area contributed by atoms with Crippen LogP contribution in [0.1, 0.15) is 29.0 Å². The first-order chi connectivity index (χ1) is 15.8. The molecule has 1 aliphatic rings. The molecule has 1 aliphatic heterocycles. The average Bonchev–Trinajstić information content (AvgIpc) is 3.25. The molecule has 2 aromatic carbocycles. The number of hydrogen-bond donors (Lipinski definition) is 1. The lowest BCUT2D eigenvalue weighted by Crippen LogP contribution is -2.43. The number of fused-ring (bicyclic) bond motifs is 1. The fraction of sp³-hybridized carbons (Fsp3) is 0.292. The van der Waals surface area contributed by atoms with E-state index in [0.29, 0.717) is 18.0 Å². The number of halogens is 3. The van der Waals surface area contributed by atoms with E-state index in [4.69, 9.17) is 13.9 Å². The Morgan fingerprint density at radius 3 is 2.64 bits per heavy atom. The number of methoxy groups -OCH3 is 1. The van der Waals surface area contributed by atoms with E-state index >= 15 is 0 Å². The van der Waals surface area contributed by atoms with Crippen LogP contribution in [0, 0.1) is 0 Å². The molecule has 3 aromatic rings. The molecule has 9 heteroatoms. The lowest BCUT2D eigenvalue weighted by atomic mass is 10.1. The Kier molecular flexibility index (Phi) is 6.60. The van der Waals surface area contributed by atoms with Gasteiger partial charge in [-0.25, -0.2) is 0 Å². The number of carbonyl (C=O) groups excluding carboxylic acids is 1. The predicted octanol–water partition coefficient (Wildman–Crippen LogP) is 4.64. The number of nitrogens with zero attached hydrogens (tertiary/aromatic N) is 1. The summed E-state index contributed by atoms with van der Waals surface area (Å²) in [6.45, 7) is 0.364. The molecular formula is C24H23F3N2O4. The number of para-hydroxylation sites is 2. The number of alkyl halides is 3. The van der Waals surface area contributed by atoms with Crippen molar-refractivity contribution in [2.75, 3.05) is 20.2 Å². The van der Waals surface area contributed by atoms with E-state index in [0.717, 1.165) is 17.4 Å². The van der Waals surface area contributed by atoms with Gasteiger partial charge >= 0.3 is 6.18 Å². The van der Waals surface area contributed by atoms with Crippen LogP contribution in [-0.4, -0.2) is 37.2 Å². The quantitative estimate of drug-likeness (QED) is 0.581. The number of ether oxygens (including phenoxy) is 2. The Morgan fingerprint density at radius 1 is 1.15 bits per heavy atom. The summed E-state index contributed by atoms with van der Waals surface area (Å²) in [7, 11) is 1.56. The third-order valence-corrected chi connectivity index (χ3v) is 5.37. The first kappa shape index (κ1) is 22.7. The van der Waals surface area contributed by atoms with Crippen LogP contribution in [0.25, 0.3) is 0 Å². The molecule has 0 saturated heterocycles. The molecule has 33 heavy (non-hydrogen) atoms. The van der Waals surface area contributed by atoms with Gasteiger partial charge in [0.15, 0.2) is 6.04 Å². The Morgan fingerprint density at radius 2 is 1.91 bits per heavy atom. The van der Waals surface area contributed by atoms with E-state index in [1.165, 1.54) is 12.1 Å². The fourth-order valence-electron chi connectivity index (χ4n) is 3.87. The van der Waals surface area contributed by atoms with Crippen molar-refractivity contribution < 1.29 is 31.9 Å². The molecule has 1 aromatic heterocycles. The molecule has 1 N–H and O–H groups in total. The maximum Gasteiger partial charge on any atom is 0.415 e. The predicted molar refractivity (Wildman–Crippen MR) is 114 cm³/mol. The highest BCUT2D eigenvalue weighted by atomic mass is 19.4. The van der Waals surface area contributed by atoms with Crippen LogP contribution in [0.5, 0.6) is 11.5 Å². The number of carbonyl (C=O) groups is 1. The van der Waals surface area contributed by atoms with Gasteiger partial charge in [0.1, 0.15) is 23.4 Å². The molecule has 0 aliphatic carbocycles. The Labute approximate surface area is 188 Å². The zero-order chi connectivity index (χ0) is 23.4. The van der Waals surface area contributed by atoms with E-state index in [9.17, 15) is 18.0 Å². The number of rotatable bonds is 6. The molecule has 1 amide bonds. The minimum atomic E-state index is -4.69. The Hall–Kier alpha value is -3.46. The van der Waals surface area contributed by atoms with Gasteiger partial charge < -0.3 is 19.2 Å². The van der Waals surface area contributed by atoms with E-state index in [2.05, 4.69) is 5.32 Å². The molecule has 174 valence electrons. The van der Waals surface area contributed by atoms with Gasteiger partial charge in [-0.05, 0) is 24.3 Å². The first-order valence-corrected chi connectivity index (χ1v) is 10.3. The van der Waals surface area contributed by atoms with Crippen molar-refractivity contribution in [2.24, 2.45) is 0 Å². The summed E-state index contributed by atoms with van der Waals surface area (Å²) < 4.78 is 57.2. The van der Waals surface area contributed by atoms with Crippen molar-refractivity contribution in [3.05, 3.63) is 83.8 Å². The second kappa shape index (κ2) is 9.58. The van der Waals surface area contributed by atoms with Gasteiger partial charge in [0, 0.05) is 24.2 Å². The van der Waals surface area contributed by atoms with Gasteiger partial charge in [-0.2, -0.15) is 13.2 Å². The summed E-state index contributed by atoms with van der Waals surface area (Å²) in [6.07, 6.45) is -4.04. The number of amides is 1. The largest absolute Gasteiger partial charge is 0.496 e. The van der Waals surface area contributed by atoms with E-state index in [-0.39, 0.29) is 18.8 Å². The molecule has 2 atom stereocenters. The summed E-state index contributed by atoms with van der Waals surface area (Å²) in [5, 5.41) is 2.06. The summed E-state index contributed by atoms with van der Waals surface area (Å²) in [5.74, 6) is 0.139. The highest BCUT2D eigenvalue weighted by Crippen LogP contribution is 2.35. The summed E-state index contributed by atoms with van der Waals surface area (Å²) in [5.41, 5.74) is 1.62. The second-order valence-corrected chi connectivity index (χ2v) is 7.68. The SMILES string of the molecule is COc1ccccc1C1CN(CC(=O)NC(c2ccco2)C(F)(F)F)Cc2ccccc2O1. The molecule has 4 rings (SSSR count). The fourth-order valence-corrected chi connectivity index (χ4v) is 3.87. The molecule has 2 heterocycles. The summed E-state index contributed by atoms with van der Waals surface area (Å²) in [6, 6.07) is 15.1. The minimum absolute atomic E-state index is 0.253. The van der Waals surface area contributed by atoms with Crippen molar-refractivity contribution in [2.45, 2.75) is 24.9 Å². The van der Waals surface area contributed by atoms with Gasteiger partial charge in [-0.3, -0.25) is 9.69 Å². The van der Waals surface area contributed by atoms with Crippen LogP contribution < -0.4 is 14.8 Å². The van der Waals surface area contributed by atoms with Gasteiger partial charge in [0.2, 0.25) is 5.91 Å². The second-order valence-electron chi connectivity index (χ2n) is 7.68. The third-order valence-electron chi connectivity index (χ3n) is 5.37. The lowest BCUT2D eigenvalue weighted by Gasteiger charge is -2.26. The van der Waals surface area contributed by atoms with E-state index in [1.54, 1.807) is 12.0 Å². The van der Waals surface area contributed by atoms with Crippen molar-refractivity contribution in [1.82, 2.24) is 10.2 Å². The van der Waals surface area contributed by atoms with Crippen molar-refractivity contribution >= 4 is 5.91 Å². The van der Waals surface area contributed by atoms with Crippen molar-refractivity contribution in [3.63, 3.8) is 0 Å².